The average Bonchev–Trinajstić information content (AvgIpc) is 3.46. The monoisotopic (exact) mass is 459 g/mol. The molecule has 0 radical (unpaired) electrons. The summed E-state index contributed by atoms with van der Waals surface area (Å²) < 4.78 is 9.14. The summed E-state index contributed by atoms with van der Waals surface area (Å²) in [4.78, 5) is 3.57. The van der Waals surface area contributed by atoms with Crippen LogP contribution in [-0.2, 0) is 13.3 Å². The summed E-state index contributed by atoms with van der Waals surface area (Å²) in [6, 6.07) is 24.3. The van der Waals surface area contributed by atoms with Crippen molar-refractivity contribution in [1.82, 2.24) is 34.9 Å². The van der Waals surface area contributed by atoms with Crippen LogP contribution >= 0.6 is 11.8 Å². The molecule has 0 aliphatic heterocycles. The molecule has 0 spiro atoms. The van der Waals surface area contributed by atoms with E-state index in [0.29, 0.717) is 13.3 Å². The zero-order chi connectivity index (χ0) is 22.5. The van der Waals surface area contributed by atoms with E-state index in [1.165, 1.54) is 4.90 Å². The Kier molecular flexibility index (Phi) is 6.50. The molecule has 0 N–H and O–H groups in total. The second-order valence-electron chi connectivity index (χ2n) is 7.71. The number of ether oxygens (including phenoxy) is 1. The number of thioether (sulfide) groups is 1. The summed E-state index contributed by atoms with van der Waals surface area (Å²) in [6.07, 6.45) is 1.02. The van der Waals surface area contributed by atoms with Crippen molar-refractivity contribution in [1.29, 1.82) is 0 Å². The van der Waals surface area contributed by atoms with Gasteiger partial charge < -0.3 is 4.74 Å². The molecule has 9 heteroatoms. The molecule has 0 aliphatic carbocycles. The van der Waals surface area contributed by atoms with Crippen LogP contribution in [-0.4, -0.2) is 54.3 Å². The van der Waals surface area contributed by atoms with Gasteiger partial charge in [-0.15, -0.1) is 22.0 Å². The minimum atomic E-state index is 0.627. The van der Waals surface area contributed by atoms with Crippen LogP contribution in [0.4, 0.5) is 0 Å². The number of methoxy groups -OCH3 is 1. The molecule has 33 heavy (non-hydrogen) atoms. The number of hydrogen-bond donors (Lipinski definition) is 0. The molecule has 2 heterocycles. The van der Waals surface area contributed by atoms with Gasteiger partial charge in [0.2, 0.25) is 0 Å². The molecule has 0 saturated carbocycles. The predicted molar refractivity (Wildman–Crippen MR) is 130 cm³/mol. The van der Waals surface area contributed by atoms with Crippen molar-refractivity contribution in [3.63, 3.8) is 0 Å². The van der Waals surface area contributed by atoms with E-state index >= 15 is 0 Å². The zero-order valence-electron chi connectivity index (χ0n) is 18.4. The topological polar surface area (TPSA) is 73.9 Å². The second kappa shape index (κ2) is 10.0. The van der Waals surface area contributed by atoms with E-state index in [2.05, 4.69) is 49.8 Å². The minimum absolute atomic E-state index is 0.627. The van der Waals surface area contributed by atoms with Crippen molar-refractivity contribution in [2.75, 3.05) is 19.4 Å². The fraction of sp³-hybridized carbons (Fsp3) is 0.250. The van der Waals surface area contributed by atoms with Crippen LogP contribution in [0.25, 0.3) is 22.1 Å². The van der Waals surface area contributed by atoms with Crippen molar-refractivity contribution in [3.8, 4) is 5.75 Å². The molecule has 0 bridgehead atoms. The average molecular weight is 460 g/mol. The number of para-hydroxylation sites is 2. The molecule has 0 amide bonds. The van der Waals surface area contributed by atoms with Crippen LogP contribution in [0.15, 0.2) is 77.7 Å². The number of rotatable bonds is 10. The van der Waals surface area contributed by atoms with Crippen LogP contribution in [0.1, 0.15) is 6.42 Å². The third-order valence-corrected chi connectivity index (χ3v) is 6.55. The molecular weight excluding hydrogens is 434 g/mol. The first-order valence-electron chi connectivity index (χ1n) is 10.9. The Hall–Kier alpha value is -3.43. The Bertz CT molecular complexity index is 1260. The SMILES string of the molecule is COc1ccc(SCCCN(Cn2nnc3ccccc32)Cn2nnc3ccccc32)cc1. The van der Waals surface area contributed by atoms with Crippen molar-refractivity contribution in [2.45, 2.75) is 24.7 Å². The Morgan fingerprint density at radius 1 is 0.788 bits per heavy atom. The van der Waals surface area contributed by atoms with Gasteiger partial charge in [0.05, 0.1) is 31.5 Å². The van der Waals surface area contributed by atoms with Crippen molar-refractivity contribution >= 4 is 33.8 Å². The fourth-order valence-electron chi connectivity index (χ4n) is 3.76. The first-order valence-corrected chi connectivity index (χ1v) is 11.8. The molecule has 0 atom stereocenters. The number of benzene rings is 3. The van der Waals surface area contributed by atoms with E-state index in [9.17, 15) is 0 Å². The third-order valence-electron chi connectivity index (χ3n) is 5.46. The molecule has 0 saturated heterocycles. The molecule has 8 nitrogen and oxygen atoms in total. The maximum Gasteiger partial charge on any atom is 0.118 e. The first kappa shape index (κ1) is 21.4. The zero-order valence-corrected chi connectivity index (χ0v) is 19.2. The maximum absolute atomic E-state index is 5.24. The molecule has 2 aromatic heterocycles. The van der Waals surface area contributed by atoms with Gasteiger partial charge in [0.1, 0.15) is 16.8 Å². The van der Waals surface area contributed by atoms with Crippen molar-refractivity contribution in [3.05, 3.63) is 72.8 Å². The van der Waals surface area contributed by atoms with Crippen molar-refractivity contribution < 1.29 is 4.74 Å². The summed E-state index contributed by atoms with van der Waals surface area (Å²) in [7, 11) is 1.69. The summed E-state index contributed by atoms with van der Waals surface area (Å²) in [5.74, 6) is 1.89. The van der Waals surface area contributed by atoms with E-state index in [-0.39, 0.29) is 0 Å². The van der Waals surface area contributed by atoms with Crippen LogP contribution in [0, 0.1) is 0 Å². The molecule has 0 unspecified atom stereocenters. The minimum Gasteiger partial charge on any atom is -0.497 e. The maximum atomic E-state index is 5.24. The van der Waals surface area contributed by atoms with Gasteiger partial charge in [-0.3, -0.25) is 4.90 Å². The standard InChI is InChI=1S/C24H25N7OS/c1-32-19-11-13-20(14-12-19)33-16-6-15-29(17-30-23-9-4-2-7-21(23)25-27-30)18-31-24-10-5-3-8-22(24)26-28-31/h2-5,7-14H,6,15-18H2,1H3. The Morgan fingerprint density at radius 3 is 1.94 bits per heavy atom. The fourth-order valence-corrected chi connectivity index (χ4v) is 4.60. The highest BCUT2D eigenvalue weighted by Crippen LogP contribution is 2.22. The summed E-state index contributed by atoms with van der Waals surface area (Å²) in [5, 5.41) is 17.4. The normalized spacial score (nSPS) is 11.6. The number of aromatic nitrogens is 6. The van der Waals surface area contributed by atoms with E-state index < -0.39 is 0 Å². The summed E-state index contributed by atoms with van der Waals surface area (Å²) >= 11 is 1.85. The summed E-state index contributed by atoms with van der Waals surface area (Å²) in [5.41, 5.74) is 3.86. The predicted octanol–water partition coefficient (Wildman–Crippen LogP) is 4.28. The number of fused-ring (bicyclic) bond motifs is 2. The highest BCUT2D eigenvalue weighted by molar-refractivity contribution is 7.99. The molecule has 3 aromatic carbocycles. The van der Waals surface area contributed by atoms with Gasteiger partial charge in [0.15, 0.2) is 0 Å². The van der Waals surface area contributed by atoms with E-state index in [4.69, 9.17) is 4.74 Å². The molecule has 5 rings (SSSR count). The third kappa shape index (κ3) is 4.99. The Morgan fingerprint density at radius 2 is 1.36 bits per heavy atom. The van der Waals surface area contributed by atoms with Gasteiger partial charge in [0.25, 0.3) is 0 Å². The molecule has 0 fully saturated rings. The lowest BCUT2D eigenvalue weighted by Gasteiger charge is -2.22. The lowest BCUT2D eigenvalue weighted by Crippen LogP contribution is -2.31. The molecule has 0 aliphatic rings. The second-order valence-corrected chi connectivity index (χ2v) is 8.88. The van der Waals surface area contributed by atoms with Gasteiger partial charge in [-0.1, -0.05) is 34.7 Å². The largest absolute Gasteiger partial charge is 0.497 e. The van der Waals surface area contributed by atoms with Gasteiger partial charge in [-0.25, -0.2) is 9.36 Å². The quantitative estimate of drug-likeness (QED) is 0.228. The molecular formula is C24H25N7OS. The van der Waals surface area contributed by atoms with Crippen molar-refractivity contribution in [2.24, 2.45) is 0 Å². The lowest BCUT2D eigenvalue weighted by atomic mass is 10.3. The van der Waals surface area contributed by atoms with Crippen LogP contribution in [0.5, 0.6) is 5.75 Å². The molecule has 168 valence electrons. The molecule has 5 aromatic rings. The van der Waals surface area contributed by atoms with Gasteiger partial charge in [-0.2, -0.15) is 0 Å². The van der Waals surface area contributed by atoms with E-state index in [0.717, 1.165) is 46.5 Å². The van der Waals surface area contributed by atoms with Gasteiger partial charge in [0, 0.05) is 11.4 Å². The highest BCUT2D eigenvalue weighted by Gasteiger charge is 2.13. The van der Waals surface area contributed by atoms with Crippen LogP contribution in [0.3, 0.4) is 0 Å². The lowest BCUT2D eigenvalue weighted by molar-refractivity contribution is 0.156. The summed E-state index contributed by atoms with van der Waals surface area (Å²) in [6.45, 7) is 2.15. The van der Waals surface area contributed by atoms with Gasteiger partial charge >= 0.3 is 0 Å². The smallest absolute Gasteiger partial charge is 0.118 e. The first-order chi connectivity index (χ1) is 16.3. The van der Waals surface area contributed by atoms with E-state index in [1.54, 1.807) is 7.11 Å². The number of nitrogens with zero attached hydrogens (tertiary/aromatic N) is 7. The van der Waals surface area contributed by atoms with Crippen LogP contribution in [0.2, 0.25) is 0 Å². The number of hydrogen-bond acceptors (Lipinski definition) is 7. The van der Waals surface area contributed by atoms with Crippen LogP contribution < -0.4 is 4.74 Å². The Balaban J connectivity index is 1.28. The Labute approximate surface area is 196 Å². The van der Waals surface area contributed by atoms with E-state index in [1.807, 2.05) is 69.7 Å². The van der Waals surface area contributed by atoms with Gasteiger partial charge in [-0.05, 0) is 60.7 Å². The highest BCUT2D eigenvalue weighted by atomic mass is 32.2.